The van der Waals surface area contributed by atoms with E-state index in [1.807, 2.05) is 60.7 Å². The number of hydrogen-bond acceptors (Lipinski definition) is 16. The van der Waals surface area contributed by atoms with Crippen molar-refractivity contribution in [2.45, 2.75) is 135 Å². The number of carbonyl (C=O) groups excluding carboxylic acids is 2. The Morgan fingerprint density at radius 3 is 2.40 bits per heavy atom. The number of aromatic nitrogens is 5. The third kappa shape index (κ3) is 12.6. The number of phenolic OH excluding ortho intramolecular Hbond substituents is 1. The molecule has 5 saturated heterocycles. The lowest BCUT2D eigenvalue weighted by atomic mass is 9.91. The SMILES string of the molecule is CCc1cccc2cc(O)cc(-c3ncc4c(N5CC6CCC(C5)N6)nc(OCCN5CCC(F)(CN6CCN(c7cc(C(C(=O)N8CCCC8C)C(C)C)on7)C[C@H]6C)CC5)nc4c3F)c12.Cc1ncsc1-c1ccc(C(C)NC=O)cc1. The van der Waals surface area contributed by atoms with Crippen molar-refractivity contribution in [3.05, 3.63) is 101 Å². The third-order valence-corrected chi connectivity index (χ3v) is 19.1. The minimum Gasteiger partial charge on any atom is -0.508 e. The molecule has 0 saturated carbocycles. The number of aryl methyl sites for hydroxylation is 2. The quantitative estimate of drug-likeness (QED) is 0.0732. The van der Waals surface area contributed by atoms with E-state index in [-0.39, 0.29) is 65.4 Å². The van der Waals surface area contributed by atoms with E-state index in [1.54, 1.807) is 29.7 Å². The van der Waals surface area contributed by atoms with Crippen LogP contribution >= 0.6 is 11.3 Å². The van der Waals surface area contributed by atoms with Crippen molar-refractivity contribution >= 4 is 57.0 Å². The molecular weight excluding hydrogens is 1090 g/mol. The molecule has 0 radical (unpaired) electrons. The van der Waals surface area contributed by atoms with Crippen LogP contribution in [0.5, 0.6) is 11.8 Å². The molecule has 9 heterocycles. The van der Waals surface area contributed by atoms with Crippen LogP contribution in [0.3, 0.4) is 0 Å². The van der Waals surface area contributed by atoms with Crippen LogP contribution < -0.4 is 25.2 Å². The number of nitrogens with one attached hydrogen (secondary N) is 2. The van der Waals surface area contributed by atoms with Gasteiger partial charge in [0.05, 0.1) is 27.5 Å². The number of aromatic hydroxyl groups is 1. The van der Waals surface area contributed by atoms with Crippen molar-refractivity contribution in [2.75, 3.05) is 81.9 Å². The molecule has 4 aromatic heterocycles. The number of hydrogen-bond donors (Lipinski definition) is 3. The van der Waals surface area contributed by atoms with Gasteiger partial charge in [0.25, 0.3) is 0 Å². The monoisotopic (exact) mass is 1170 g/mol. The third-order valence-electron chi connectivity index (χ3n) is 18.1. The summed E-state index contributed by atoms with van der Waals surface area (Å²) in [7, 11) is 0. The van der Waals surface area contributed by atoms with E-state index < -0.39 is 11.5 Å². The van der Waals surface area contributed by atoms with E-state index in [0.717, 1.165) is 91.6 Å². The number of likely N-dealkylation sites (tertiary alicyclic amines) is 2. The molecule has 5 aliphatic heterocycles. The van der Waals surface area contributed by atoms with Crippen LogP contribution in [0.1, 0.15) is 115 Å². The van der Waals surface area contributed by atoms with Crippen LogP contribution in [-0.4, -0.2) is 159 Å². The molecule has 3 aromatic carbocycles. The molecule has 5 fully saturated rings. The summed E-state index contributed by atoms with van der Waals surface area (Å²) in [5.74, 6) is 1.23. The lowest BCUT2D eigenvalue weighted by molar-refractivity contribution is -0.135. The number of ether oxygens (including phenoxy) is 1. The zero-order valence-electron chi connectivity index (χ0n) is 49.5. The molecule has 3 N–H and O–H groups in total. The van der Waals surface area contributed by atoms with Gasteiger partial charge >= 0.3 is 6.01 Å². The normalized spacial score (nSPS) is 21.7. The second-order valence-electron chi connectivity index (χ2n) is 24.3. The van der Waals surface area contributed by atoms with Crippen LogP contribution in [0.15, 0.2) is 76.9 Å². The average molecular weight is 1170 g/mol. The molecule has 7 aromatic rings. The molecule has 12 rings (SSSR count). The van der Waals surface area contributed by atoms with E-state index in [1.165, 1.54) is 10.4 Å². The molecule has 20 heteroatoms. The average Bonchev–Trinajstić information content (AvgIpc) is 2.08. The first-order chi connectivity index (χ1) is 40.6. The second-order valence-corrected chi connectivity index (χ2v) is 25.1. The maximum absolute atomic E-state index is 17.1. The highest BCUT2D eigenvalue weighted by Gasteiger charge is 2.41. The fraction of sp³-hybridized carbons (Fsp3) is 0.516. The molecule has 2 bridgehead atoms. The summed E-state index contributed by atoms with van der Waals surface area (Å²) in [5.41, 5.74) is 5.66. The van der Waals surface area contributed by atoms with Gasteiger partial charge in [-0.1, -0.05) is 68.4 Å². The maximum atomic E-state index is 17.1. The number of phenols is 1. The Kier molecular flexibility index (Phi) is 17.8. The largest absolute Gasteiger partial charge is 0.508 e. The molecule has 446 valence electrons. The van der Waals surface area contributed by atoms with Crippen LogP contribution in [0.25, 0.3) is 43.4 Å². The Labute approximate surface area is 495 Å². The van der Waals surface area contributed by atoms with Crippen LogP contribution in [0.4, 0.5) is 20.4 Å². The summed E-state index contributed by atoms with van der Waals surface area (Å²) in [6.45, 7) is 21.1. The van der Waals surface area contributed by atoms with Crippen molar-refractivity contribution in [3.63, 3.8) is 0 Å². The smallest absolute Gasteiger partial charge is 0.319 e. The van der Waals surface area contributed by atoms with Crippen molar-refractivity contribution in [1.82, 2.24) is 50.4 Å². The molecule has 6 atom stereocenters. The van der Waals surface area contributed by atoms with Gasteiger partial charge in [-0.3, -0.25) is 24.4 Å². The minimum absolute atomic E-state index is 0.0347. The number of nitrogens with zero attached hydrogens (tertiary/aromatic N) is 10. The molecule has 0 spiro atoms. The molecule has 17 nitrogen and oxygen atoms in total. The number of benzene rings is 3. The molecule has 0 aliphatic carbocycles. The van der Waals surface area contributed by atoms with Crippen molar-refractivity contribution in [3.8, 4) is 33.5 Å². The Balaban J connectivity index is 0.000000371. The lowest BCUT2D eigenvalue weighted by Crippen LogP contribution is -2.57. The van der Waals surface area contributed by atoms with Crippen molar-refractivity contribution in [1.29, 1.82) is 0 Å². The number of piperazine rings is 2. The van der Waals surface area contributed by atoms with E-state index >= 15 is 8.78 Å². The molecular formula is C64H80F2N12O5S. The standard InChI is InChI=1S/C51H66F2N10O4.C13H14N2OS/c1-6-34-10-7-11-35-23-38(64)24-39(44(34)35)46-45(52)47-40(26-54-46)48(62-28-36-12-13-37(29-62)55-36)57-50(56-47)66-22-21-59-17-14-51(53,15-18-59)30-61-20-19-60(27-33(61)5)42-25-41(67-58-42)43(31(2)3)49(65)63-16-8-9-32(63)4;1-9(14-7-16)11-3-5-12(6-4-11)13-10(2)15-8-17-13/h7,10-11,23-26,31-33,36-37,43,55,64H,6,8-9,12-22,27-30H2,1-5H3;3-9H,1-2H3,(H,14,16)/t32?,33-,36?,37?,43?;/m1./s1. The highest BCUT2D eigenvalue weighted by molar-refractivity contribution is 7.13. The van der Waals surface area contributed by atoms with Crippen molar-refractivity contribution in [2.24, 2.45) is 5.92 Å². The first-order valence-electron chi connectivity index (χ1n) is 30.2. The van der Waals surface area contributed by atoms with E-state index in [9.17, 15) is 14.7 Å². The topological polar surface area (TPSA) is 181 Å². The summed E-state index contributed by atoms with van der Waals surface area (Å²) >= 11 is 1.64. The number of carbonyl (C=O) groups is 2. The highest BCUT2D eigenvalue weighted by Crippen LogP contribution is 2.40. The predicted octanol–water partition coefficient (Wildman–Crippen LogP) is 10.3. The lowest BCUT2D eigenvalue weighted by Gasteiger charge is -2.44. The van der Waals surface area contributed by atoms with Gasteiger partial charge in [-0.15, -0.1) is 11.3 Å². The van der Waals surface area contributed by atoms with Gasteiger partial charge in [0.1, 0.15) is 41.0 Å². The number of halogens is 2. The molecule has 5 aliphatic rings. The highest BCUT2D eigenvalue weighted by atomic mass is 32.1. The fourth-order valence-corrected chi connectivity index (χ4v) is 14.1. The van der Waals surface area contributed by atoms with Crippen LogP contribution in [0, 0.1) is 18.7 Å². The van der Waals surface area contributed by atoms with Crippen LogP contribution in [-0.2, 0) is 16.0 Å². The number of amides is 2. The Morgan fingerprint density at radius 2 is 1.73 bits per heavy atom. The van der Waals surface area contributed by atoms with E-state index in [0.29, 0.717) is 93.3 Å². The number of fused-ring (bicyclic) bond motifs is 4. The zero-order valence-corrected chi connectivity index (χ0v) is 50.3. The first kappa shape index (κ1) is 58.9. The predicted molar refractivity (Wildman–Crippen MR) is 326 cm³/mol. The zero-order chi connectivity index (χ0) is 58.8. The number of piperidine rings is 1. The van der Waals surface area contributed by atoms with Gasteiger partial charge in [-0.25, -0.2) is 13.8 Å². The summed E-state index contributed by atoms with van der Waals surface area (Å²) < 4.78 is 45.8. The molecule has 84 heavy (non-hydrogen) atoms. The van der Waals surface area contributed by atoms with Gasteiger partial charge in [0.15, 0.2) is 17.4 Å². The summed E-state index contributed by atoms with van der Waals surface area (Å²) in [6.07, 6.45) is 8.17. The summed E-state index contributed by atoms with van der Waals surface area (Å²) in [6, 6.07) is 20.4. The first-order valence-corrected chi connectivity index (χ1v) is 31.1. The van der Waals surface area contributed by atoms with Gasteiger partial charge in [0.2, 0.25) is 12.3 Å². The van der Waals surface area contributed by atoms with Crippen LogP contribution in [0.2, 0.25) is 0 Å². The Bertz CT molecular complexity index is 3430. The number of alkyl halides is 1. The fourth-order valence-electron chi connectivity index (χ4n) is 13.3. The van der Waals surface area contributed by atoms with Gasteiger partial charge in [-0.05, 0) is 118 Å². The maximum Gasteiger partial charge on any atom is 0.319 e. The summed E-state index contributed by atoms with van der Waals surface area (Å²) in [4.78, 5) is 54.6. The van der Waals surface area contributed by atoms with E-state index in [4.69, 9.17) is 24.2 Å². The number of thiazole rings is 1. The number of anilines is 2. The van der Waals surface area contributed by atoms with E-state index in [2.05, 4.69) is 87.1 Å². The van der Waals surface area contributed by atoms with Gasteiger partial charge < -0.3 is 39.7 Å². The Morgan fingerprint density at radius 1 is 0.952 bits per heavy atom. The Hall–Kier alpha value is -6.87. The molecule has 5 unspecified atom stereocenters. The van der Waals surface area contributed by atoms with Gasteiger partial charge in [0, 0.05) is 107 Å². The summed E-state index contributed by atoms with van der Waals surface area (Å²) in [5, 5.41) is 23.7. The second kappa shape index (κ2) is 25.4. The van der Waals surface area contributed by atoms with Gasteiger partial charge in [-0.2, -0.15) is 9.97 Å². The van der Waals surface area contributed by atoms with Crippen molar-refractivity contribution < 1.29 is 32.7 Å². The number of rotatable bonds is 17. The number of pyridine rings is 1. The minimum atomic E-state index is -1.31. The molecule has 2 amide bonds.